The predicted molar refractivity (Wildman–Crippen MR) is 111 cm³/mol. The maximum atomic E-state index is 13.4. The van der Waals surface area contributed by atoms with Crippen molar-refractivity contribution in [2.45, 2.75) is 22.6 Å². The number of thiazole rings is 1. The van der Waals surface area contributed by atoms with Crippen LogP contribution in [-0.4, -0.2) is 34.9 Å². The van der Waals surface area contributed by atoms with Gasteiger partial charge in [0.25, 0.3) is 5.91 Å². The molecule has 7 nitrogen and oxygen atoms in total. The number of carbonyl (C=O) groups excluding carboxylic acids is 2. The molecule has 1 atom stereocenters. The smallest absolute Gasteiger partial charge is 0.263 e. The quantitative estimate of drug-likeness (QED) is 0.675. The van der Waals surface area contributed by atoms with E-state index in [4.69, 9.17) is 9.47 Å². The molecule has 1 saturated heterocycles. The lowest BCUT2D eigenvalue weighted by molar-refractivity contribution is -0.121. The van der Waals surface area contributed by atoms with Crippen molar-refractivity contribution >= 4 is 55.9 Å². The summed E-state index contributed by atoms with van der Waals surface area (Å²) in [6, 6.07) is 11.4. The molecule has 0 saturated carbocycles. The Hall–Kier alpha value is -2.78. The molecule has 3 aliphatic rings. The molecule has 0 spiro atoms. The molecule has 0 radical (unpaired) electrons. The highest BCUT2D eigenvalue weighted by Gasteiger charge is 2.57. The van der Waals surface area contributed by atoms with Gasteiger partial charge in [0.15, 0.2) is 21.5 Å². The highest BCUT2D eigenvalue weighted by molar-refractivity contribution is 8.02. The number of aromatic nitrogens is 1. The van der Waals surface area contributed by atoms with Crippen LogP contribution in [0.25, 0.3) is 10.2 Å². The first-order valence-electron chi connectivity index (χ1n) is 9.27. The topological polar surface area (TPSA) is 80.8 Å². The van der Waals surface area contributed by atoms with Crippen LogP contribution in [0.5, 0.6) is 11.5 Å². The van der Waals surface area contributed by atoms with Crippen LogP contribution in [0.1, 0.15) is 12.8 Å². The van der Waals surface area contributed by atoms with Gasteiger partial charge in [-0.1, -0.05) is 35.2 Å². The van der Waals surface area contributed by atoms with E-state index < -0.39 is 4.87 Å². The molecule has 0 aliphatic carbocycles. The Morgan fingerprint density at radius 2 is 1.97 bits per heavy atom. The number of ether oxygens (including phenoxy) is 2. The molecule has 2 aromatic carbocycles. The van der Waals surface area contributed by atoms with E-state index in [2.05, 4.69) is 10.3 Å². The van der Waals surface area contributed by atoms with E-state index in [9.17, 15) is 9.59 Å². The van der Waals surface area contributed by atoms with Crippen LogP contribution in [0.3, 0.4) is 0 Å². The van der Waals surface area contributed by atoms with Gasteiger partial charge in [-0.15, -0.1) is 0 Å². The lowest BCUT2D eigenvalue weighted by atomic mass is 10.2. The number of nitrogens with zero attached hydrogens (tertiary/aromatic N) is 2. The van der Waals surface area contributed by atoms with Gasteiger partial charge >= 0.3 is 0 Å². The van der Waals surface area contributed by atoms with Crippen LogP contribution >= 0.6 is 23.1 Å². The first-order valence-corrected chi connectivity index (χ1v) is 10.9. The molecule has 1 aromatic heterocycles. The van der Waals surface area contributed by atoms with Crippen molar-refractivity contribution in [3.8, 4) is 11.5 Å². The molecule has 1 fully saturated rings. The van der Waals surface area contributed by atoms with Crippen molar-refractivity contribution in [2.75, 3.05) is 23.4 Å². The van der Waals surface area contributed by atoms with Crippen LogP contribution in [0, 0.1) is 0 Å². The highest BCUT2D eigenvalue weighted by Crippen LogP contribution is 2.56. The fraction of sp³-hybridized carbons (Fsp3) is 0.250. The second-order valence-corrected chi connectivity index (χ2v) is 9.37. The molecule has 0 bridgehead atoms. The molecule has 1 N–H and O–H groups in total. The van der Waals surface area contributed by atoms with E-state index in [0.717, 1.165) is 20.8 Å². The number of amides is 2. The molecule has 6 rings (SSSR count). The molecule has 4 heterocycles. The lowest BCUT2D eigenvalue weighted by Crippen LogP contribution is -2.49. The molecule has 9 heteroatoms. The Morgan fingerprint density at radius 1 is 1.17 bits per heavy atom. The molecule has 29 heavy (non-hydrogen) atoms. The van der Waals surface area contributed by atoms with E-state index in [1.54, 1.807) is 4.90 Å². The first-order chi connectivity index (χ1) is 14.1. The van der Waals surface area contributed by atoms with Gasteiger partial charge in [-0.2, -0.15) is 0 Å². The second-order valence-electron chi connectivity index (χ2n) is 7.02. The zero-order valence-corrected chi connectivity index (χ0v) is 16.8. The van der Waals surface area contributed by atoms with Crippen molar-refractivity contribution in [1.29, 1.82) is 0 Å². The summed E-state index contributed by atoms with van der Waals surface area (Å²) in [6.45, 7) is 1.03. The number of fused-ring (bicyclic) bond motifs is 5. The molecule has 2 amide bonds. The minimum atomic E-state index is -0.954. The monoisotopic (exact) mass is 425 g/mol. The van der Waals surface area contributed by atoms with Gasteiger partial charge < -0.3 is 9.47 Å². The Morgan fingerprint density at radius 3 is 2.83 bits per heavy atom. The molecule has 3 aromatic rings. The minimum Gasteiger partial charge on any atom is -0.486 e. The van der Waals surface area contributed by atoms with E-state index in [0.29, 0.717) is 42.7 Å². The Bertz CT molecular complexity index is 1150. The summed E-state index contributed by atoms with van der Waals surface area (Å²) in [5.41, 5.74) is 1.55. The summed E-state index contributed by atoms with van der Waals surface area (Å²) in [5.74, 6) is 1.11. The van der Waals surface area contributed by atoms with Gasteiger partial charge in [-0.05, 0) is 18.6 Å². The zero-order valence-electron chi connectivity index (χ0n) is 15.1. The lowest BCUT2D eigenvalue weighted by Gasteiger charge is -2.29. The number of carbonyl (C=O) groups is 2. The number of nitrogens with one attached hydrogen (secondary N) is 1. The fourth-order valence-electron chi connectivity index (χ4n) is 4.01. The predicted octanol–water partition coefficient (Wildman–Crippen LogP) is 3.64. The number of para-hydroxylation sites is 1. The SMILES string of the molecule is O=C1CCC2(C(=O)Nc3nc4cc5c(cc4s3)OCCO5)Sc3ccccc3N12. The maximum absolute atomic E-state index is 13.4. The van der Waals surface area contributed by atoms with Gasteiger partial charge in [-0.25, -0.2) is 4.98 Å². The third kappa shape index (κ3) is 2.47. The zero-order chi connectivity index (χ0) is 19.6. The molecule has 3 aliphatic heterocycles. The largest absolute Gasteiger partial charge is 0.486 e. The van der Waals surface area contributed by atoms with Crippen LogP contribution in [0.15, 0.2) is 41.3 Å². The first kappa shape index (κ1) is 17.1. The van der Waals surface area contributed by atoms with Gasteiger partial charge in [0.05, 0.1) is 15.9 Å². The van der Waals surface area contributed by atoms with Crippen LogP contribution < -0.4 is 19.7 Å². The van der Waals surface area contributed by atoms with E-state index in [1.807, 2.05) is 36.4 Å². The normalized spacial score (nSPS) is 21.9. The standard InChI is InChI=1S/C20H15N3O4S2/c24-17-5-6-20(23(17)12-3-1-2-4-15(12)29-20)18(25)22-19-21-11-9-13-14(10-16(11)28-19)27-8-7-26-13/h1-4,9-10H,5-8H2,(H,21,22,25). The van der Waals surface area contributed by atoms with Crippen molar-refractivity contribution in [3.63, 3.8) is 0 Å². The van der Waals surface area contributed by atoms with E-state index >= 15 is 0 Å². The number of benzene rings is 2. The van der Waals surface area contributed by atoms with Gasteiger partial charge in [0, 0.05) is 23.4 Å². The minimum absolute atomic E-state index is 0.0242. The van der Waals surface area contributed by atoms with Crippen LogP contribution in [0.4, 0.5) is 10.8 Å². The Balaban J connectivity index is 1.34. The van der Waals surface area contributed by atoms with Gasteiger partial charge in [0.2, 0.25) is 5.91 Å². The number of hydrogen-bond acceptors (Lipinski definition) is 7. The molecular formula is C20H15N3O4S2. The molecule has 1 unspecified atom stereocenters. The summed E-state index contributed by atoms with van der Waals surface area (Å²) in [4.78, 5) is 32.1. The number of rotatable bonds is 2. The maximum Gasteiger partial charge on any atom is 0.263 e. The molecule has 146 valence electrons. The average Bonchev–Trinajstić information content (AvgIpc) is 3.37. The van der Waals surface area contributed by atoms with Gasteiger partial charge in [-0.3, -0.25) is 19.8 Å². The number of anilines is 2. The second kappa shape index (κ2) is 6.11. The Labute approximate surface area is 174 Å². The number of hydrogen-bond donors (Lipinski definition) is 1. The fourth-order valence-corrected chi connectivity index (χ4v) is 6.30. The van der Waals surface area contributed by atoms with Crippen molar-refractivity contribution < 1.29 is 19.1 Å². The van der Waals surface area contributed by atoms with Crippen molar-refractivity contribution in [2.24, 2.45) is 0 Å². The average molecular weight is 425 g/mol. The summed E-state index contributed by atoms with van der Waals surface area (Å²) in [7, 11) is 0. The summed E-state index contributed by atoms with van der Waals surface area (Å²) in [5, 5.41) is 3.45. The Kier molecular flexibility index (Phi) is 3.60. The van der Waals surface area contributed by atoms with Crippen molar-refractivity contribution in [3.05, 3.63) is 36.4 Å². The highest BCUT2D eigenvalue weighted by atomic mass is 32.2. The van der Waals surface area contributed by atoms with Crippen molar-refractivity contribution in [1.82, 2.24) is 4.98 Å². The van der Waals surface area contributed by atoms with Gasteiger partial charge in [0.1, 0.15) is 13.2 Å². The van der Waals surface area contributed by atoms with E-state index in [-0.39, 0.29) is 11.8 Å². The summed E-state index contributed by atoms with van der Waals surface area (Å²) in [6.07, 6.45) is 0.827. The van der Waals surface area contributed by atoms with E-state index in [1.165, 1.54) is 23.1 Å². The van der Waals surface area contributed by atoms with Crippen LogP contribution in [-0.2, 0) is 9.59 Å². The van der Waals surface area contributed by atoms with Crippen LogP contribution in [0.2, 0.25) is 0 Å². The number of thioether (sulfide) groups is 1. The third-order valence-corrected chi connectivity index (χ3v) is 7.71. The molecular weight excluding hydrogens is 410 g/mol. The summed E-state index contributed by atoms with van der Waals surface area (Å²) < 4.78 is 12.1. The summed E-state index contributed by atoms with van der Waals surface area (Å²) >= 11 is 2.82. The third-order valence-electron chi connectivity index (χ3n) is 5.30.